The maximum Gasteiger partial charge on any atom is 0.405 e. The Bertz CT molecular complexity index is 1010. The summed E-state index contributed by atoms with van der Waals surface area (Å²) in [7, 11) is 1.47. The lowest BCUT2D eigenvalue weighted by atomic mass is 9.95. The molecule has 1 unspecified atom stereocenters. The molecule has 2 amide bonds. The molecule has 8 nitrogen and oxygen atoms in total. The highest BCUT2D eigenvalue weighted by Gasteiger charge is 2.23. The van der Waals surface area contributed by atoms with Crippen molar-refractivity contribution in [2.24, 2.45) is 5.92 Å². The number of nitrogen functional groups attached to an aromatic ring is 1. The van der Waals surface area contributed by atoms with Crippen LogP contribution in [0.1, 0.15) is 41.2 Å². The van der Waals surface area contributed by atoms with Crippen LogP contribution in [0.5, 0.6) is 5.75 Å². The van der Waals surface area contributed by atoms with Crippen molar-refractivity contribution in [2.75, 3.05) is 39.0 Å². The number of hydrogen-bond acceptors (Lipinski definition) is 5. The van der Waals surface area contributed by atoms with Gasteiger partial charge in [-0.15, -0.1) is 0 Å². The highest BCUT2D eigenvalue weighted by atomic mass is 35.5. The summed E-state index contributed by atoms with van der Waals surface area (Å²) >= 11 is 6.06. The molecule has 5 N–H and O–H groups in total. The van der Waals surface area contributed by atoms with E-state index >= 15 is 0 Å². The molecular formula is C24H30ClFN4O4. The van der Waals surface area contributed by atoms with Gasteiger partial charge in [0.15, 0.2) is 0 Å². The van der Waals surface area contributed by atoms with Gasteiger partial charge >= 0.3 is 6.09 Å². The number of benzene rings is 2. The number of likely N-dealkylation sites (tertiary alicyclic amines) is 1. The van der Waals surface area contributed by atoms with Gasteiger partial charge in [0.1, 0.15) is 11.6 Å². The second kappa shape index (κ2) is 11.9. The van der Waals surface area contributed by atoms with Crippen molar-refractivity contribution in [3.63, 3.8) is 0 Å². The van der Waals surface area contributed by atoms with Gasteiger partial charge in [0, 0.05) is 19.2 Å². The van der Waals surface area contributed by atoms with Crippen molar-refractivity contribution < 1.29 is 23.8 Å². The number of halogens is 2. The summed E-state index contributed by atoms with van der Waals surface area (Å²) in [5.41, 5.74) is 7.08. The number of nitrogens with one attached hydrogen (secondary N) is 2. The first-order valence-corrected chi connectivity index (χ1v) is 11.5. The Morgan fingerprint density at radius 3 is 2.68 bits per heavy atom. The second-order valence-electron chi connectivity index (χ2n) is 8.41. The van der Waals surface area contributed by atoms with Crippen LogP contribution < -0.4 is 21.1 Å². The fourth-order valence-corrected chi connectivity index (χ4v) is 4.33. The maximum atomic E-state index is 13.6. The van der Waals surface area contributed by atoms with E-state index in [0.717, 1.165) is 25.9 Å². The molecule has 0 aliphatic carbocycles. The van der Waals surface area contributed by atoms with Crippen LogP contribution >= 0.6 is 11.6 Å². The Kier molecular flexibility index (Phi) is 8.95. The molecule has 184 valence electrons. The number of ether oxygens (including phenoxy) is 1. The van der Waals surface area contributed by atoms with Crippen molar-refractivity contribution in [3.8, 4) is 5.75 Å². The fraction of sp³-hybridized carbons (Fsp3) is 0.417. The SMILES string of the molecule is COc1cc(N)c(Cl)cc1C(=O)NCC1CCN(CCC(NC(=O)O)c2cccc(F)c2)CC1. The number of methoxy groups -OCH3 is 1. The van der Waals surface area contributed by atoms with Gasteiger partial charge in [-0.1, -0.05) is 23.7 Å². The zero-order chi connectivity index (χ0) is 24.7. The van der Waals surface area contributed by atoms with Gasteiger partial charge < -0.3 is 31.1 Å². The van der Waals surface area contributed by atoms with E-state index in [1.807, 2.05) is 0 Å². The van der Waals surface area contributed by atoms with E-state index in [1.54, 1.807) is 12.1 Å². The molecule has 1 heterocycles. The Morgan fingerprint density at radius 1 is 1.29 bits per heavy atom. The number of nitrogens with zero attached hydrogens (tertiary/aromatic N) is 1. The van der Waals surface area contributed by atoms with Gasteiger partial charge in [-0.25, -0.2) is 9.18 Å². The number of hydrogen-bond donors (Lipinski definition) is 4. The number of rotatable bonds is 9. The summed E-state index contributed by atoms with van der Waals surface area (Å²) in [5.74, 6) is 0.0407. The molecule has 1 saturated heterocycles. The number of carbonyl (C=O) groups excluding carboxylic acids is 1. The average molecular weight is 493 g/mol. The first-order valence-electron chi connectivity index (χ1n) is 11.1. The average Bonchev–Trinajstić information content (AvgIpc) is 2.82. The molecule has 0 spiro atoms. The molecule has 0 bridgehead atoms. The molecule has 3 rings (SSSR count). The second-order valence-corrected chi connectivity index (χ2v) is 8.82. The van der Waals surface area contributed by atoms with Crippen molar-refractivity contribution in [1.29, 1.82) is 0 Å². The maximum absolute atomic E-state index is 13.6. The van der Waals surface area contributed by atoms with Crippen LogP contribution in [0.2, 0.25) is 5.02 Å². The van der Waals surface area contributed by atoms with Crippen LogP contribution in [-0.4, -0.2) is 55.3 Å². The molecule has 2 aromatic carbocycles. The summed E-state index contributed by atoms with van der Waals surface area (Å²) in [6, 6.07) is 8.56. The zero-order valence-electron chi connectivity index (χ0n) is 19.0. The minimum atomic E-state index is -1.14. The van der Waals surface area contributed by atoms with Crippen molar-refractivity contribution >= 4 is 29.3 Å². The summed E-state index contributed by atoms with van der Waals surface area (Å²) in [6.07, 6.45) is 1.20. The van der Waals surface area contributed by atoms with Gasteiger partial charge in [-0.2, -0.15) is 0 Å². The third-order valence-corrected chi connectivity index (χ3v) is 6.43. The standard InChI is InChI=1S/C24H30ClFN4O4/c1-34-22-13-20(27)19(25)12-18(22)23(31)28-14-15-5-8-30(9-6-15)10-7-21(29-24(32)33)16-3-2-4-17(26)11-16/h2-4,11-13,15,21,29H,5-10,14,27H2,1H3,(H,28,31)(H,32,33). The van der Waals surface area contributed by atoms with E-state index in [-0.39, 0.29) is 5.91 Å². The molecule has 2 aromatic rings. The van der Waals surface area contributed by atoms with Crippen molar-refractivity contribution in [2.45, 2.75) is 25.3 Å². The smallest absolute Gasteiger partial charge is 0.405 e. The third kappa shape index (κ3) is 6.98. The molecule has 10 heteroatoms. The lowest BCUT2D eigenvalue weighted by Gasteiger charge is -2.33. The number of carboxylic acid groups (broad SMARTS) is 1. The molecule has 1 aliphatic rings. The molecule has 0 saturated carbocycles. The topological polar surface area (TPSA) is 117 Å². The van der Waals surface area contributed by atoms with Crippen LogP contribution in [0.4, 0.5) is 14.9 Å². The summed E-state index contributed by atoms with van der Waals surface area (Å²) in [6.45, 7) is 2.88. The van der Waals surface area contributed by atoms with Gasteiger partial charge in [0.2, 0.25) is 0 Å². The lowest BCUT2D eigenvalue weighted by molar-refractivity contribution is 0.0932. The zero-order valence-corrected chi connectivity index (χ0v) is 19.8. The van der Waals surface area contributed by atoms with Crippen molar-refractivity contribution in [3.05, 3.63) is 58.4 Å². The Labute approximate surface area is 203 Å². The van der Waals surface area contributed by atoms with E-state index in [1.165, 1.54) is 31.4 Å². The van der Waals surface area contributed by atoms with Gasteiger partial charge in [-0.3, -0.25) is 4.79 Å². The number of carbonyl (C=O) groups is 2. The minimum Gasteiger partial charge on any atom is -0.496 e. The van der Waals surface area contributed by atoms with Gasteiger partial charge in [-0.05, 0) is 62.0 Å². The highest BCUT2D eigenvalue weighted by Crippen LogP contribution is 2.29. The minimum absolute atomic E-state index is 0.265. The normalized spacial score (nSPS) is 15.5. The van der Waals surface area contributed by atoms with Crippen molar-refractivity contribution in [1.82, 2.24) is 15.5 Å². The van der Waals surface area contributed by atoms with Crippen LogP contribution in [-0.2, 0) is 0 Å². The van der Waals surface area contributed by atoms with E-state index in [4.69, 9.17) is 27.2 Å². The fourth-order valence-electron chi connectivity index (χ4n) is 4.17. The highest BCUT2D eigenvalue weighted by molar-refractivity contribution is 6.33. The first kappa shape index (κ1) is 25.6. The Morgan fingerprint density at radius 2 is 2.03 bits per heavy atom. The predicted octanol–water partition coefficient (Wildman–Crippen LogP) is 3.91. The Hall–Kier alpha value is -3.04. The third-order valence-electron chi connectivity index (χ3n) is 6.10. The summed E-state index contributed by atoms with van der Waals surface area (Å²) in [4.78, 5) is 26.1. The van der Waals surface area contributed by atoms with Crippen LogP contribution in [0.15, 0.2) is 36.4 Å². The van der Waals surface area contributed by atoms with Crippen LogP contribution in [0.25, 0.3) is 0 Å². The molecule has 1 atom stereocenters. The molecule has 0 radical (unpaired) electrons. The first-order chi connectivity index (χ1) is 16.3. The molecule has 1 fully saturated rings. The Balaban J connectivity index is 1.47. The van der Waals surface area contributed by atoms with Gasteiger partial charge in [0.05, 0.1) is 29.4 Å². The van der Waals surface area contributed by atoms with E-state index in [0.29, 0.717) is 53.0 Å². The van der Waals surface area contributed by atoms with Gasteiger partial charge in [0.25, 0.3) is 5.91 Å². The largest absolute Gasteiger partial charge is 0.496 e. The number of amides is 2. The number of nitrogens with two attached hydrogens (primary N) is 1. The predicted molar refractivity (Wildman–Crippen MR) is 129 cm³/mol. The molecular weight excluding hydrogens is 463 g/mol. The summed E-state index contributed by atoms with van der Waals surface area (Å²) in [5, 5.41) is 14.9. The quantitative estimate of drug-likeness (QED) is 0.394. The van der Waals surface area contributed by atoms with E-state index in [2.05, 4.69) is 15.5 Å². The number of piperidine rings is 1. The summed E-state index contributed by atoms with van der Waals surface area (Å²) < 4.78 is 18.8. The molecule has 1 aliphatic heterocycles. The van der Waals surface area contributed by atoms with Crippen LogP contribution in [0.3, 0.4) is 0 Å². The van der Waals surface area contributed by atoms with Crippen LogP contribution in [0, 0.1) is 11.7 Å². The number of anilines is 1. The molecule has 34 heavy (non-hydrogen) atoms. The van der Waals surface area contributed by atoms with E-state index < -0.39 is 18.0 Å². The van der Waals surface area contributed by atoms with E-state index in [9.17, 15) is 14.0 Å². The monoisotopic (exact) mass is 492 g/mol. The lowest BCUT2D eigenvalue weighted by Crippen LogP contribution is -2.40. The molecule has 0 aromatic heterocycles.